The van der Waals surface area contributed by atoms with Gasteiger partial charge in [0, 0.05) is 25.3 Å². The summed E-state index contributed by atoms with van der Waals surface area (Å²) in [5.41, 5.74) is 10.3. The van der Waals surface area contributed by atoms with E-state index in [2.05, 4.69) is 34.3 Å². The molecule has 1 heterocycles. The lowest BCUT2D eigenvalue weighted by atomic mass is 10.1. The number of benzene rings is 2. The average Bonchev–Trinajstić information content (AvgIpc) is 2.82. The van der Waals surface area contributed by atoms with Gasteiger partial charge in [-0.25, -0.2) is 0 Å². The van der Waals surface area contributed by atoms with Crippen molar-refractivity contribution in [2.75, 3.05) is 17.7 Å². The third kappa shape index (κ3) is 2.36. The monoisotopic (exact) mass is 278 g/mol. The van der Waals surface area contributed by atoms with Gasteiger partial charge < -0.3 is 10.6 Å². The summed E-state index contributed by atoms with van der Waals surface area (Å²) in [6, 6.07) is 20.3. The Labute approximate surface area is 124 Å². The summed E-state index contributed by atoms with van der Waals surface area (Å²) < 4.78 is 1.83. The van der Waals surface area contributed by atoms with Crippen LogP contribution in [-0.2, 0) is 7.05 Å². The Bertz CT molecular complexity index is 732. The molecular formula is C17H18N4. The van der Waals surface area contributed by atoms with Crippen LogP contribution < -0.4 is 10.6 Å². The van der Waals surface area contributed by atoms with E-state index < -0.39 is 0 Å². The van der Waals surface area contributed by atoms with E-state index >= 15 is 0 Å². The largest absolute Gasteiger partial charge is 0.380 e. The van der Waals surface area contributed by atoms with Gasteiger partial charge >= 0.3 is 0 Å². The molecule has 0 fully saturated rings. The predicted molar refractivity (Wildman–Crippen MR) is 87.6 cm³/mol. The molecule has 0 amide bonds. The van der Waals surface area contributed by atoms with Gasteiger partial charge in [-0.15, -0.1) is 0 Å². The van der Waals surface area contributed by atoms with Crippen molar-refractivity contribution < 1.29 is 0 Å². The number of nitrogens with zero attached hydrogens (tertiary/aromatic N) is 3. The molecule has 21 heavy (non-hydrogen) atoms. The van der Waals surface area contributed by atoms with Crippen molar-refractivity contribution in [2.24, 2.45) is 7.05 Å². The molecule has 3 aromatic rings. The van der Waals surface area contributed by atoms with Gasteiger partial charge in [-0.3, -0.25) is 4.68 Å². The number of nitrogen functional groups attached to an aromatic ring is 1. The van der Waals surface area contributed by atoms with Crippen LogP contribution in [0, 0.1) is 0 Å². The summed E-state index contributed by atoms with van der Waals surface area (Å²) in [5, 5.41) is 4.39. The number of anilines is 3. The van der Waals surface area contributed by atoms with Gasteiger partial charge in [0.1, 0.15) is 5.69 Å². The third-order valence-electron chi connectivity index (χ3n) is 3.57. The lowest BCUT2D eigenvalue weighted by molar-refractivity contribution is 0.780. The Morgan fingerprint density at radius 2 is 1.52 bits per heavy atom. The highest BCUT2D eigenvalue weighted by Crippen LogP contribution is 2.37. The van der Waals surface area contributed by atoms with Crippen molar-refractivity contribution in [3.8, 4) is 11.3 Å². The van der Waals surface area contributed by atoms with E-state index in [1.54, 1.807) is 0 Å². The molecule has 2 N–H and O–H groups in total. The Morgan fingerprint density at radius 1 is 0.952 bits per heavy atom. The molecule has 0 saturated carbocycles. The van der Waals surface area contributed by atoms with E-state index in [0.29, 0.717) is 5.82 Å². The number of hydrogen-bond donors (Lipinski definition) is 1. The molecule has 0 unspecified atom stereocenters. The second-order valence-electron chi connectivity index (χ2n) is 4.97. The maximum Gasteiger partial charge on any atom is 0.170 e. The van der Waals surface area contributed by atoms with Crippen LogP contribution in [0.25, 0.3) is 11.3 Å². The molecule has 4 heteroatoms. The highest BCUT2D eigenvalue weighted by molar-refractivity contribution is 5.86. The first-order valence-electron chi connectivity index (χ1n) is 6.85. The molecule has 0 aliphatic carbocycles. The van der Waals surface area contributed by atoms with Crippen LogP contribution >= 0.6 is 0 Å². The van der Waals surface area contributed by atoms with Crippen LogP contribution in [-0.4, -0.2) is 16.8 Å². The highest BCUT2D eigenvalue weighted by atomic mass is 15.3. The Kier molecular flexibility index (Phi) is 3.36. The number of nitrogens with two attached hydrogens (primary N) is 1. The Morgan fingerprint density at radius 3 is 2.14 bits per heavy atom. The van der Waals surface area contributed by atoms with E-state index in [0.717, 1.165) is 22.6 Å². The predicted octanol–water partition coefficient (Wildman–Crippen LogP) is 3.44. The van der Waals surface area contributed by atoms with E-state index in [9.17, 15) is 0 Å². The molecule has 2 aromatic carbocycles. The SMILES string of the molecule is CN(c1ccccc1)c1c(N)nn(C)c1-c1ccccc1. The third-order valence-corrected chi connectivity index (χ3v) is 3.57. The van der Waals surface area contributed by atoms with Crippen LogP contribution in [0.15, 0.2) is 60.7 Å². The molecule has 106 valence electrons. The first-order chi connectivity index (χ1) is 10.2. The summed E-state index contributed by atoms with van der Waals surface area (Å²) in [6.45, 7) is 0. The Hall–Kier alpha value is -2.75. The van der Waals surface area contributed by atoms with Gasteiger partial charge in [-0.2, -0.15) is 5.10 Å². The van der Waals surface area contributed by atoms with Crippen molar-refractivity contribution in [3.63, 3.8) is 0 Å². The van der Waals surface area contributed by atoms with Crippen LogP contribution in [0.3, 0.4) is 0 Å². The molecule has 0 radical (unpaired) electrons. The van der Waals surface area contributed by atoms with Crippen molar-refractivity contribution >= 4 is 17.2 Å². The topological polar surface area (TPSA) is 47.1 Å². The molecule has 0 bridgehead atoms. The molecule has 3 rings (SSSR count). The minimum Gasteiger partial charge on any atom is -0.380 e. The molecule has 0 aliphatic rings. The lowest BCUT2D eigenvalue weighted by Gasteiger charge is -2.20. The summed E-state index contributed by atoms with van der Waals surface area (Å²) >= 11 is 0. The highest BCUT2D eigenvalue weighted by Gasteiger charge is 2.20. The Balaban J connectivity index is 2.15. The average molecular weight is 278 g/mol. The quantitative estimate of drug-likeness (QED) is 0.798. The molecule has 0 saturated heterocycles. The zero-order valence-electron chi connectivity index (χ0n) is 12.2. The van der Waals surface area contributed by atoms with Crippen molar-refractivity contribution in [2.45, 2.75) is 0 Å². The van der Waals surface area contributed by atoms with E-state index in [4.69, 9.17) is 5.73 Å². The second-order valence-corrected chi connectivity index (χ2v) is 4.97. The molecule has 1 aromatic heterocycles. The van der Waals surface area contributed by atoms with Gasteiger partial charge in [-0.05, 0) is 12.1 Å². The summed E-state index contributed by atoms with van der Waals surface area (Å²) in [4.78, 5) is 2.07. The van der Waals surface area contributed by atoms with Gasteiger partial charge in [0.25, 0.3) is 0 Å². The summed E-state index contributed by atoms with van der Waals surface area (Å²) in [6.07, 6.45) is 0. The fourth-order valence-corrected chi connectivity index (χ4v) is 2.56. The first-order valence-corrected chi connectivity index (χ1v) is 6.85. The second kappa shape index (κ2) is 5.32. The molecule has 0 aliphatic heterocycles. The molecule has 0 spiro atoms. The van der Waals surface area contributed by atoms with Crippen molar-refractivity contribution in [1.82, 2.24) is 9.78 Å². The molecule has 0 atom stereocenters. The number of para-hydroxylation sites is 1. The van der Waals surface area contributed by atoms with E-state index in [1.807, 2.05) is 55.2 Å². The van der Waals surface area contributed by atoms with Crippen LogP contribution in [0.1, 0.15) is 0 Å². The van der Waals surface area contributed by atoms with Crippen LogP contribution in [0.5, 0.6) is 0 Å². The van der Waals surface area contributed by atoms with Gasteiger partial charge in [-0.1, -0.05) is 48.5 Å². The number of aryl methyl sites for hydroxylation is 1. The van der Waals surface area contributed by atoms with Crippen molar-refractivity contribution in [1.29, 1.82) is 0 Å². The summed E-state index contributed by atoms with van der Waals surface area (Å²) in [7, 11) is 3.93. The zero-order valence-corrected chi connectivity index (χ0v) is 12.2. The summed E-state index contributed by atoms with van der Waals surface area (Å²) in [5.74, 6) is 0.530. The van der Waals surface area contributed by atoms with E-state index in [-0.39, 0.29) is 0 Å². The normalized spacial score (nSPS) is 10.6. The van der Waals surface area contributed by atoms with Crippen LogP contribution in [0.2, 0.25) is 0 Å². The maximum absolute atomic E-state index is 6.14. The van der Waals surface area contributed by atoms with Gasteiger partial charge in [0.05, 0.1) is 5.69 Å². The minimum atomic E-state index is 0.530. The van der Waals surface area contributed by atoms with Crippen molar-refractivity contribution in [3.05, 3.63) is 60.7 Å². The molecular weight excluding hydrogens is 260 g/mol. The van der Waals surface area contributed by atoms with E-state index in [1.165, 1.54) is 0 Å². The first kappa shape index (κ1) is 13.2. The fraction of sp³-hybridized carbons (Fsp3) is 0.118. The van der Waals surface area contributed by atoms with Gasteiger partial charge in [0.2, 0.25) is 0 Å². The number of rotatable bonds is 3. The number of aromatic nitrogens is 2. The standard InChI is InChI=1S/C17H18N4/c1-20(14-11-7-4-8-12-14)16-15(21(2)19-17(16)18)13-9-5-3-6-10-13/h3-12H,1-2H3,(H2,18,19). The fourth-order valence-electron chi connectivity index (χ4n) is 2.56. The zero-order chi connectivity index (χ0) is 14.8. The smallest absolute Gasteiger partial charge is 0.170 e. The maximum atomic E-state index is 6.14. The lowest BCUT2D eigenvalue weighted by Crippen LogP contribution is -2.11. The number of hydrogen-bond acceptors (Lipinski definition) is 3. The molecule has 4 nitrogen and oxygen atoms in total. The van der Waals surface area contributed by atoms with Gasteiger partial charge in [0.15, 0.2) is 5.82 Å². The van der Waals surface area contributed by atoms with Crippen LogP contribution in [0.4, 0.5) is 17.2 Å². The minimum absolute atomic E-state index is 0.530.